The first-order valence-electron chi connectivity index (χ1n) is 9.26. The Balaban J connectivity index is 0.00000256. The fraction of sp³-hybridized carbons (Fsp3) is 0.182. The second-order valence-electron chi connectivity index (χ2n) is 7.30. The minimum Gasteiger partial charge on any atom is -0.399 e. The van der Waals surface area contributed by atoms with Crippen LogP contribution in [0.25, 0.3) is 0 Å². The maximum Gasteiger partial charge on any atom is 0.270 e. The lowest BCUT2D eigenvalue weighted by molar-refractivity contribution is 0.0933. The van der Waals surface area contributed by atoms with Gasteiger partial charge in [-0.15, -0.1) is 12.4 Å². The molecule has 5 nitrogen and oxygen atoms in total. The number of anilines is 3. The molecule has 1 unspecified atom stereocenters. The van der Waals surface area contributed by atoms with Crippen LogP contribution in [0.4, 0.5) is 26.0 Å². The van der Waals surface area contributed by atoms with Crippen molar-refractivity contribution in [2.75, 3.05) is 11.1 Å². The zero-order chi connectivity index (χ0) is 20.5. The van der Waals surface area contributed by atoms with Crippen molar-refractivity contribution in [1.29, 1.82) is 0 Å². The minimum absolute atomic E-state index is 0. The molecule has 1 aromatic heterocycles. The molecule has 0 radical (unpaired) electrons. The van der Waals surface area contributed by atoms with Gasteiger partial charge in [0.2, 0.25) is 0 Å². The van der Waals surface area contributed by atoms with E-state index in [1.54, 1.807) is 0 Å². The molecule has 1 amide bonds. The number of benzene rings is 2. The highest BCUT2D eigenvalue weighted by atomic mass is 35.5. The average Bonchev–Trinajstić information content (AvgIpc) is 3.01. The van der Waals surface area contributed by atoms with Crippen LogP contribution in [0.3, 0.4) is 0 Å². The maximum atomic E-state index is 13.4. The van der Waals surface area contributed by atoms with Crippen LogP contribution >= 0.6 is 12.4 Å². The summed E-state index contributed by atoms with van der Waals surface area (Å²) >= 11 is 0. The van der Waals surface area contributed by atoms with Crippen molar-refractivity contribution in [3.8, 4) is 0 Å². The lowest BCUT2D eigenvalue weighted by Crippen LogP contribution is -2.35. The van der Waals surface area contributed by atoms with Gasteiger partial charge in [-0.05, 0) is 49.1 Å². The Hall–Kier alpha value is -3.19. The van der Waals surface area contributed by atoms with Gasteiger partial charge in [-0.2, -0.15) is 0 Å². The summed E-state index contributed by atoms with van der Waals surface area (Å²) in [4.78, 5) is 17.0. The van der Waals surface area contributed by atoms with Crippen molar-refractivity contribution in [3.63, 3.8) is 0 Å². The summed E-state index contributed by atoms with van der Waals surface area (Å²) in [5, 5.41) is 5.78. The number of carbonyl (C=O) groups excluding carboxylic acids is 1. The van der Waals surface area contributed by atoms with Gasteiger partial charge in [0.05, 0.1) is 0 Å². The molecule has 1 aliphatic carbocycles. The van der Waals surface area contributed by atoms with E-state index in [-0.39, 0.29) is 41.6 Å². The third-order valence-electron chi connectivity index (χ3n) is 4.84. The van der Waals surface area contributed by atoms with Gasteiger partial charge in [0.1, 0.15) is 23.1 Å². The molecule has 0 bridgehead atoms. The van der Waals surface area contributed by atoms with E-state index in [2.05, 4.69) is 33.8 Å². The van der Waals surface area contributed by atoms with Crippen molar-refractivity contribution >= 4 is 35.5 Å². The smallest absolute Gasteiger partial charge is 0.270 e. The van der Waals surface area contributed by atoms with E-state index in [1.807, 2.05) is 6.92 Å². The Morgan fingerprint density at radius 3 is 2.47 bits per heavy atom. The van der Waals surface area contributed by atoms with Gasteiger partial charge in [0, 0.05) is 29.5 Å². The highest BCUT2D eigenvalue weighted by Crippen LogP contribution is 2.24. The van der Waals surface area contributed by atoms with Crippen LogP contribution in [0.15, 0.2) is 48.5 Å². The molecule has 156 valence electrons. The molecule has 3 aromatic rings. The molecule has 4 N–H and O–H groups in total. The normalized spacial score (nSPS) is 14.6. The number of amides is 1. The summed E-state index contributed by atoms with van der Waals surface area (Å²) < 4.78 is 26.8. The SMILES string of the molecule is Cc1ccc2c(c1)CC(NC(=O)c1cc(N)cc(Nc3cc(F)cc(F)c3)n1)C2.Cl. The summed E-state index contributed by atoms with van der Waals surface area (Å²) in [5.41, 5.74) is 10.2. The molecule has 2 aromatic carbocycles. The molecule has 30 heavy (non-hydrogen) atoms. The molecule has 0 fully saturated rings. The quantitative estimate of drug-likeness (QED) is 0.576. The van der Waals surface area contributed by atoms with Crippen LogP contribution in [0.1, 0.15) is 27.2 Å². The number of aromatic nitrogens is 1. The van der Waals surface area contributed by atoms with Crippen molar-refractivity contribution in [1.82, 2.24) is 10.3 Å². The topological polar surface area (TPSA) is 80.0 Å². The van der Waals surface area contributed by atoms with Crippen LogP contribution in [0.2, 0.25) is 0 Å². The lowest BCUT2D eigenvalue weighted by Gasteiger charge is -2.13. The fourth-order valence-electron chi connectivity index (χ4n) is 3.61. The molecule has 0 spiro atoms. The average molecular weight is 431 g/mol. The zero-order valence-electron chi connectivity index (χ0n) is 16.2. The fourth-order valence-corrected chi connectivity index (χ4v) is 3.61. The highest BCUT2D eigenvalue weighted by molar-refractivity contribution is 5.94. The number of halogens is 3. The molecule has 0 saturated heterocycles. The van der Waals surface area contributed by atoms with Crippen LogP contribution in [0, 0.1) is 18.6 Å². The first kappa shape index (κ1) is 21.5. The van der Waals surface area contributed by atoms with E-state index in [1.165, 1.54) is 28.8 Å². The summed E-state index contributed by atoms with van der Waals surface area (Å²) in [5.74, 6) is -1.55. The van der Waals surface area contributed by atoms with E-state index in [9.17, 15) is 13.6 Å². The van der Waals surface area contributed by atoms with E-state index in [0.29, 0.717) is 5.69 Å². The van der Waals surface area contributed by atoms with Crippen LogP contribution < -0.4 is 16.4 Å². The second-order valence-corrected chi connectivity index (χ2v) is 7.30. The Labute approximate surface area is 179 Å². The van der Waals surface area contributed by atoms with Crippen molar-refractivity contribution in [2.45, 2.75) is 25.8 Å². The van der Waals surface area contributed by atoms with Gasteiger partial charge in [-0.25, -0.2) is 13.8 Å². The van der Waals surface area contributed by atoms with E-state index in [4.69, 9.17) is 5.73 Å². The molecular formula is C22H21ClF2N4O. The number of nitrogens with zero attached hydrogens (tertiary/aromatic N) is 1. The molecule has 4 rings (SSSR count). The summed E-state index contributed by atoms with van der Waals surface area (Å²) in [6.07, 6.45) is 1.52. The van der Waals surface area contributed by atoms with Gasteiger partial charge < -0.3 is 16.4 Å². The second kappa shape index (κ2) is 8.67. The monoisotopic (exact) mass is 430 g/mol. The number of carbonyl (C=O) groups is 1. The van der Waals surface area contributed by atoms with Crippen molar-refractivity contribution in [2.24, 2.45) is 0 Å². The number of nitrogens with two attached hydrogens (primary N) is 1. The number of hydrogen-bond donors (Lipinski definition) is 3. The Kier molecular flexibility index (Phi) is 6.22. The first-order chi connectivity index (χ1) is 13.9. The molecule has 1 atom stereocenters. The number of nitrogen functional groups attached to an aromatic ring is 1. The van der Waals surface area contributed by atoms with Gasteiger partial charge in [0.25, 0.3) is 5.91 Å². The number of nitrogens with one attached hydrogen (secondary N) is 2. The molecular weight excluding hydrogens is 410 g/mol. The number of fused-ring (bicyclic) bond motifs is 1. The number of hydrogen-bond acceptors (Lipinski definition) is 4. The predicted octanol–water partition coefficient (Wildman–Crippen LogP) is 4.31. The first-order valence-corrected chi connectivity index (χ1v) is 9.26. The van der Waals surface area contributed by atoms with E-state index < -0.39 is 11.6 Å². The van der Waals surface area contributed by atoms with Crippen LogP contribution in [-0.4, -0.2) is 16.9 Å². The number of pyridine rings is 1. The molecule has 1 heterocycles. The Morgan fingerprint density at radius 2 is 1.73 bits per heavy atom. The zero-order valence-corrected chi connectivity index (χ0v) is 17.0. The predicted molar refractivity (Wildman–Crippen MR) is 115 cm³/mol. The molecule has 8 heteroatoms. The molecule has 1 aliphatic rings. The summed E-state index contributed by atoms with van der Waals surface area (Å²) in [7, 11) is 0. The van der Waals surface area contributed by atoms with Gasteiger partial charge in [0.15, 0.2) is 0 Å². The standard InChI is InChI=1S/C22H20F2N4O.ClH/c1-12-2-3-13-5-18(6-14(13)4-12)27-22(29)20-10-17(25)11-21(28-20)26-19-8-15(23)7-16(24)9-19;/h2-4,7-11,18H,5-6H2,1H3,(H,27,29)(H3,25,26,28);1H. The van der Waals surface area contributed by atoms with Gasteiger partial charge in [-0.1, -0.05) is 23.8 Å². The minimum atomic E-state index is -0.717. The van der Waals surface area contributed by atoms with Crippen LogP contribution in [-0.2, 0) is 12.8 Å². The highest BCUT2D eigenvalue weighted by Gasteiger charge is 2.24. The van der Waals surface area contributed by atoms with Crippen molar-refractivity contribution in [3.05, 3.63) is 82.5 Å². The van der Waals surface area contributed by atoms with Crippen LogP contribution in [0.5, 0.6) is 0 Å². The summed E-state index contributed by atoms with van der Waals surface area (Å²) in [6, 6.07) is 12.3. The molecule has 0 saturated carbocycles. The van der Waals surface area contributed by atoms with Gasteiger partial charge >= 0.3 is 0 Å². The largest absolute Gasteiger partial charge is 0.399 e. The number of aryl methyl sites for hydroxylation is 1. The Bertz CT molecular complexity index is 1090. The number of rotatable bonds is 4. The lowest BCUT2D eigenvalue weighted by atomic mass is 10.1. The third-order valence-corrected chi connectivity index (χ3v) is 4.84. The van der Waals surface area contributed by atoms with E-state index in [0.717, 1.165) is 31.0 Å². The maximum absolute atomic E-state index is 13.4. The van der Waals surface area contributed by atoms with Crippen molar-refractivity contribution < 1.29 is 13.6 Å². The molecule has 0 aliphatic heterocycles. The van der Waals surface area contributed by atoms with Gasteiger partial charge in [-0.3, -0.25) is 4.79 Å². The Morgan fingerprint density at radius 1 is 1.03 bits per heavy atom. The summed E-state index contributed by atoms with van der Waals surface area (Å²) in [6.45, 7) is 2.04. The third kappa shape index (κ3) is 4.86. The van der Waals surface area contributed by atoms with E-state index >= 15 is 0 Å².